The van der Waals surface area contributed by atoms with Gasteiger partial charge in [-0.05, 0) is 5.56 Å². The lowest BCUT2D eigenvalue weighted by molar-refractivity contribution is 0.214. The second-order valence-corrected chi connectivity index (χ2v) is 4.29. The summed E-state index contributed by atoms with van der Waals surface area (Å²) in [5, 5.41) is 9.11. The van der Waals surface area contributed by atoms with E-state index in [0.717, 1.165) is 19.6 Å². The molecule has 0 saturated carbocycles. The first-order valence-electron chi connectivity index (χ1n) is 5.42. The Morgan fingerprint density at radius 3 is 2.60 bits per heavy atom. The molecule has 0 spiro atoms. The zero-order valence-electron chi connectivity index (χ0n) is 8.84. The minimum Gasteiger partial charge on any atom is -0.396 e. The summed E-state index contributed by atoms with van der Waals surface area (Å²) in [5.74, 6) is 0.244. The van der Waals surface area contributed by atoms with Crippen molar-refractivity contribution in [3.8, 4) is 0 Å². The molecule has 0 aromatic heterocycles. The quantitative estimate of drug-likeness (QED) is 0.754. The standard InChI is InChI=1S/C12H18N2O/c13-12-8-14(7-11(12)9-15)6-10-4-2-1-3-5-10/h1-5,11-12,15H,6-9,13H2/t11-,12+/m0/s1. The van der Waals surface area contributed by atoms with Crippen molar-refractivity contribution in [2.75, 3.05) is 19.7 Å². The zero-order chi connectivity index (χ0) is 10.7. The van der Waals surface area contributed by atoms with E-state index < -0.39 is 0 Å². The number of rotatable bonds is 3. The third-order valence-electron chi connectivity index (χ3n) is 3.05. The van der Waals surface area contributed by atoms with Crippen molar-refractivity contribution < 1.29 is 5.11 Å². The minimum atomic E-state index is 0.124. The highest BCUT2D eigenvalue weighted by atomic mass is 16.3. The van der Waals surface area contributed by atoms with Gasteiger partial charge in [0.25, 0.3) is 0 Å². The normalized spacial score (nSPS) is 27.1. The summed E-state index contributed by atoms with van der Waals surface area (Å²) in [6.45, 7) is 2.93. The molecule has 1 aromatic carbocycles. The van der Waals surface area contributed by atoms with E-state index in [1.165, 1.54) is 5.56 Å². The number of hydrogen-bond acceptors (Lipinski definition) is 3. The van der Waals surface area contributed by atoms with Gasteiger partial charge in [0.05, 0.1) is 0 Å². The van der Waals surface area contributed by atoms with Gasteiger partial charge in [-0.25, -0.2) is 0 Å². The average molecular weight is 206 g/mol. The second kappa shape index (κ2) is 4.75. The maximum absolute atomic E-state index is 9.11. The van der Waals surface area contributed by atoms with Gasteiger partial charge in [0.1, 0.15) is 0 Å². The first kappa shape index (κ1) is 10.6. The number of hydrogen-bond donors (Lipinski definition) is 2. The molecule has 0 radical (unpaired) electrons. The SMILES string of the molecule is N[C@@H]1CN(Cc2ccccc2)C[C@H]1CO. The molecule has 1 saturated heterocycles. The third-order valence-corrected chi connectivity index (χ3v) is 3.05. The molecular weight excluding hydrogens is 188 g/mol. The predicted molar refractivity (Wildman–Crippen MR) is 60.3 cm³/mol. The molecule has 2 rings (SSSR count). The fourth-order valence-corrected chi connectivity index (χ4v) is 2.15. The Labute approximate surface area is 90.5 Å². The summed E-state index contributed by atoms with van der Waals surface area (Å²) >= 11 is 0. The van der Waals surface area contributed by atoms with Gasteiger partial charge < -0.3 is 10.8 Å². The van der Waals surface area contributed by atoms with E-state index in [4.69, 9.17) is 10.8 Å². The summed E-state index contributed by atoms with van der Waals surface area (Å²) < 4.78 is 0. The van der Waals surface area contributed by atoms with Crippen LogP contribution in [0.5, 0.6) is 0 Å². The fraction of sp³-hybridized carbons (Fsp3) is 0.500. The molecular formula is C12H18N2O. The molecule has 15 heavy (non-hydrogen) atoms. The molecule has 1 fully saturated rings. The second-order valence-electron chi connectivity index (χ2n) is 4.29. The number of aliphatic hydroxyl groups excluding tert-OH is 1. The number of benzene rings is 1. The topological polar surface area (TPSA) is 49.5 Å². The van der Waals surface area contributed by atoms with Crippen LogP contribution in [0.3, 0.4) is 0 Å². The highest BCUT2D eigenvalue weighted by molar-refractivity contribution is 5.14. The van der Waals surface area contributed by atoms with Crippen molar-refractivity contribution in [1.82, 2.24) is 4.90 Å². The van der Waals surface area contributed by atoms with Gasteiger partial charge in [-0.2, -0.15) is 0 Å². The highest BCUT2D eigenvalue weighted by Crippen LogP contribution is 2.17. The van der Waals surface area contributed by atoms with Crippen LogP contribution in [0.15, 0.2) is 30.3 Å². The van der Waals surface area contributed by atoms with E-state index in [-0.39, 0.29) is 18.6 Å². The molecule has 0 amide bonds. The monoisotopic (exact) mass is 206 g/mol. The molecule has 1 aliphatic heterocycles. The number of aliphatic hydroxyl groups is 1. The molecule has 1 aliphatic rings. The Kier molecular flexibility index (Phi) is 3.36. The van der Waals surface area contributed by atoms with Gasteiger partial charge in [0.2, 0.25) is 0 Å². The van der Waals surface area contributed by atoms with Crippen molar-refractivity contribution in [3.05, 3.63) is 35.9 Å². The number of nitrogens with zero attached hydrogens (tertiary/aromatic N) is 1. The van der Waals surface area contributed by atoms with Gasteiger partial charge in [-0.15, -0.1) is 0 Å². The van der Waals surface area contributed by atoms with Crippen LogP contribution < -0.4 is 5.73 Å². The Balaban J connectivity index is 1.92. The van der Waals surface area contributed by atoms with Crippen molar-refractivity contribution in [1.29, 1.82) is 0 Å². The van der Waals surface area contributed by atoms with Gasteiger partial charge in [-0.1, -0.05) is 30.3 Å². The summed E-state index contributed by atoms with van der Waals surface area (Å²) in [7, 11) is 0. The van der Waals surface area contributed by atoms with Gasteiger partial charge >= 0.3 is 0 Å². The van der Waals surface area contributed by atoms with E-state index in [1.807, 2.05) is 6.07 Å². The van der Waals surface area contributed by atoms with E-state index in [1.54, 1.807) is 0 Å². The van der Waals surface area contributed by atoms with Gasteiger partial charge in [0.15, 0.2) is 0 Å². The molecule has 1 aromatic rings. The Bertz CT molecular complexity index is 302. The van der Waals surface area contributed by atoms with Crippen molar-refractivity contribution >= 4 is 0 Å². The maximum atomic E-state index is 9.11. The van der Waals surface area contributed by atoms with Crippen LogP contribution in [0, 0.1) is 5.92 Å². The number of likely N-dealkylation sites (tertiary alicyclic amines) is 1. The largest absolute Gasteiger partial charge is 0.396 e. The molecule has 3 N–H and O–H groups in total. The molecule has 0 unspecified atom stereocenters. The van der Waals surface area contributed by atoms with Crippen molar-refractivity contribution in [2.24, 2.45) is 11.7 Å². The molecule has 3 nitrogen and oxygen atoms in total. The lowest BCUT2D eigenvalue weighted by atomic mass is 10.1. The molecule has 0 bridgehead atoms. The van der Waals surface area contributed by atoms with Crippen LogP contribution >= 0.6 is 0 Å². The lowest BCUT2D eigenvalue weighted by Gasteiger charge is -2.15. The Morgan fingerprint density at radius 1 is 1.27 bits per heavy atom. The van der Waals surface area contributed by atoms with E-state index in [9.17, 15) is 0 Å². The highest BCUT2D eigenvalue weighted by Gasteiger charge is 2.29. The molecule has 2 atom stereocenters. The van der Waals surface area contributed by atoms with Gasteiger partial charge in [-0.3, -0.25) is 4.90 Å². The first-order chi connectivity index (χ1) is 7.29. The average Bonchev–Trinajstić information content (AvgIpc) is 2.60. The van der Waals surface area contributed by atoms with E-state index >= 15 is 0 Å². The van der Waals surface area contributed by atoms with Crippen molar-refractivity contribution in [3.63, 3.8) is 0 Å². The predicted octanol–water partition coefficient (Wildman–Crippen LogP) is 0.438. The third kappa shape index (κ3) is 2.56. The lowest BCUT2D eigenvalue weighted by Crippen LogP contribution is -2.31. The molecule has 82 valence electrons. The van der Waals surface area contributed by atoms with Crippen LogP contribution in [-0.2, 0) is 6.54 Å². The maximum Gasteiger partial charge on any atom is 0.0486 e. The fourth-order valence-electron chi connectivity index (χ4n) is 2.15. The van der Waals surface area contributed by atoms with E-state index in [0.29, 0.717) is 0 Å². The van der Waals surface area contributed by atoms with Crippen LogP contribution in [0.1, 0.15) is 5.56 Å². The Hall–Kier alpha value is -0.900. The first-order valence-corrected chi connectivity index (χ1v) is 5.42. The summed E-state index contributed by atoms with van der Waals surface area (Å²) in [6.07, 6.45) is 0. The summed E-state index contributed by atoms with van der Waals surface area (Å²) in [4.78, 5) is 2.31. The smallest absolute Gasteiger partial charge is 0.0486 e. The van der Waals surface area contributed by atoms with Crippen LogP contribution in [0.2, 0.25) is 0 Å². The molecule has 3 heteroatoms. The van der Waals surface area contributed by atoms with Gasteiger partial charge in [0, 0.05) is 38.2 Å². The van der Waals surface area contributed by atoms with Crippen molar-refractivity contribution in [2.45, 2.75) is 12.6 Å². The van der Waals surface area contributed by atoms with E-state index in [2.05, 4.69) is 29.2 Å². The Morgan fingerprint density at radius 2 is 2.00 bits per heavy atom. The summed E-state index contributed by atoms with van der Waals surface area (Å²) in [5.41, 5.74) is 7.24. The zero-order valence-corrected chi connectivity index (χ0v) is 8.84. The van der Waals surface area contributed by atoms with Crippen LogP contribution in [-0.4, -0.2) is 35.7 Å². The van der Waals surface area contributed by atoms with Crippen LogP contribution in [0.4, 0.5) is 0 Å². The summed E-state index contributed by atoms with van der Waals surface area (Å²) in [6, 6.07) is 10.5. The molecule has 0 aliphatic carbocycles. The molecule has 1 heterocycles. The number of nitrogens with two attached hydrogens (primary N) is 1. The van der Waals surface area contributed by atoms with Crippen LogP contribution in [0.25, 0.3) is 0 Å². The minimum absolute atomic E-state index is 0.124.